The first kappa shape index (κ1) is 19.3. The Kier molecular flexibility index (Phi) is 6.21. The molecule has 0 unspecified atom stereocenters. The van der Waals surface area contributed by atoms with Crippen molar-refractivity contribution >= 4 is 11.7 Å². The van der Waals surface area contributed by atoms with Gasteiger partial charge in [-0.25, -0.2) is 9.18 Å². The van der Waals surface area contributed by atoms with Crippen LogP contribution in [0.4, 0.5) is 14.9 Å². The van der Waals surface area contributed by atoms with Gasteiger partial charge in [0.25, 0.3) is 5.89 Å². The lowest BCUT2D eigenvalue weighted by Gasteiger charge is -2.17. The zero-order chi connectivity index (χ0) is 19.9. The van der Waals surface area contributed by atoms with Crippen LogP contribution in [-0.4, -0.2) is 34.7 Å². The van der Waals surface area contributed by atoms with Gasteiger partial charge in [-0.3, -0.25) is 0 Å². The quantitative estimate of drug-likeness (QED) is 0.670. The third-order valence-corrected chi connectivity index (χ3v) is 4.01. The molecule has 1 aromatic heterocycles. The van der Waals surface area contributed by atoms with Gasteiger partial charge in [0.1, 0.15) is 11.6 Å². The first-order valence-corrected chi connectivity index (χ1v) is 8.78. The fourth-order valence-corrected chi connectivity index (χ4v) is 2.35. The summed E-state index contributed by atoms with van der Waals surface area (Å²) in [6.45, 7) is 2.50. The molecule has 1 N–H and O–H groups in total. The van der Waals surface area contributed by atoms with E-state index >= 15 is 0 Å². The Morgan fingerprint density at radius 1 is 1.18 bits per heavy atom. The number of carbonyl (C=O) groups is 1. The number of amides is 2. The molecule has 0 saturated carbocycles. The van der Waals surface area contributed by atoms with E-state index < -0.39 is 0 Å². The Labute approximate surface area is 162 Å². The molecule has 0 bridgehead atoms. The smallest absolute Gasteiger partial charge is 0.321 e. The van der Waals surface area contributed by atoms with E-state index in [4.69, 9.17) is 9.26 Å². The van der Waals surface area contributed by atoms with Crippen molar-refractivity contribution in [3.05, 3.63) is 71.6 Å². The van der Waals surface area contributed by atoms with Crippen LogP contribution in [0.3, 0.4) is 0 Å². The van der Waals surface area contributed by atoms with Gasteiger partial charge in [-0.1, -0.05) is 22.9 Å². The maximum Gasteiger partial charge on any atom is 0.321 e. The summed E-state index contributed by atoms with van der Waals surface area (Å²) in [7, 11) is 1.70. The van der Waals surface area contributed by atoms with Gasteiger partial charge in [0, 0.05) is 25.7 Å². The van der Waals surface area contributed by atoms with Crippen molar-refractivity contribution < 1.29 is 18.4 Å². The number of aromatic nitrogens is 2. The van der Waals surface area contributed by atoms with Gasteiger partial charge in [-0.05, 0) is 43.3 Å². The number of rotatable bonds is 7. The van der Waals surface area contributed by atoms with Crippen molar-refractivity contribution in [1.82, 2.24) is 15.0 Å². The van der Waals surface area contributed by atoms with E-state index in [9.17, 15) is 9.18 Å². The highest BCUT2D eigenvalue weighted by molar-refractivity contribution is 5.89. The lowest BCUT2D eigenvalue weighted by molar-refractivity contribution is 0.222. The number of nitrogens with one attached hydrogen (secondary N) is 1. The SMILES string of the molecule is Cc1ccc(NC(=O)N(C)CCc2noc(COc3ccc(F)cc3)n2)cc1. The summed E-state index contributed by atoms with van der Waals surface area (Å²) in [5.41, 5.74) is 1.87. The van der Waals surface area contributed by atoms with E-state index in [1.807, 2.05) is 31.2 Å². The Bertz CT molecular complexity index is 910. The molecule has 0 atom stereocenters. The van der Waals surface area contributed by atoms with Crippen LogP contribution in [0, 0.1) is 12.7 Å². The van der Waals surface area contributed by atoms with Gasteiger partial charge >= 0.3 is 6.03 Å². The molecular formula is C20H21FN4O3. The summed E-state index contributed by atoms with van der Waals surface area (Å²) < 4.78 is 23.5. The maximum absolute atomic E-state index is 12.9. The summed E-state index contributed by atoms with van der Waals surface area (Å²) >= 11 is 0. The third kappa shape index (κ3) is 5.54. The summed E-state index contributed by atoms with van der Waals surface area (Å²) in [5, 5.41) is 6.71. The number of nitrogens with zero attached hydrogens (tertiary/aromatic N) is 3. The van der Waals surface area contributed by atoms with Crippen LogP contribution in [0.15, 0.2) is 53.1 Å². The molecule has 0 radical (unpaired) electrons. The molecule has 3 rings (SSSR count). The monoisotopic (exact) mass is 384 g/mol. The molecule has 0 aliphatic carbocycles. The molecule has 3 aromatic rings. The van der Waals surface area contributed by atoms with Crippen LogP contribution in [-0.2, 0) is 13.0 Å². The van der Waals surface area contributed by atoms with E-state index in [-0.39, 0.29) is 18.5 Å². The summed E-state index contributed by atoms with van der Waals surface area (Å²) in [6, 6.07) is 13.0. The van der Waals surface area contributed by atoms with Crippen LogP contribution in [0.5, 0.6) is 5.75 Å². The molecule has 8 heteroatoms. The number of hydrogen-bond acceptors (Lipinski definition) is 5. The lowest BCUT2D eigenvalue weighted by Crippen LogP contribution is -2.33. The largest absolute Gasteiger partial charge is 0.484 e. The zero-order valence-corrected chi connectivity index (χ0v) is 15.7. The average molecular weight is 384 g/mol. The zero-order valence-electron chi connectivity index (χ0n) is 15.7. The Balaban J connectivity index is 1.44. The van der Waals surface area contributed by atoms with Gasteiger partial charge in [0.2, 0.25) is 0 Å². The van der Waals surface area contributed by atoms with Crippen molar-refractivity contribution in [2.75, 3.05) is 18.9 Å². The predicted octanol–water partition coefficient (Wildman–Crippen LogP) is 3.80. The predicted molar refractivity (Wildman–Crippen MR) is 102 cm³/mol. The molecule has 1 heterocycles. The number of hydrogen-bond donors (Lipinski definition) is 1. The van der Waals surface area contributed by atoms with E-state index in [0.29, 0.717) is 30.4 Å². The molecule has 7 nitrogen and oxygen atoms in total. The minimum absolute atomic E-state index is 0.0857. The number of ether oxygens (including phenoxy) is 1. The fourth-order valence-electron chi connectivity index (χ4n) is 2.35. The molecule has 0 spiro atoms. The minimum atomic E-state index is -0.331. The van der Waals surface area contributed by atoms with Crippen molar-refractivity contribution in [3.8, 4) is 5.75 Å². The topological polar surface area (TPSA) is 80.5 Å². The fraction of sp³-hybridized carbons (Fsp3) is 0.250. The van der Waals surface area contributed by atoms with Crippen molar-refractivity contribution in [3.63, 3.8) is 0 Å². The summed E-state index contributed by atoms with van der Waals surface area (Å²) in [5.74, 6) is 0.968. The standard InChI is InChI=1S/C20H21FN4O3/c1-14-3-7-16(8-4-14)22-20(26)25(2)12-11-18-23-19(28-24-18)13-27-17-9-5-15(21)6-10-17/h3-10H,11-13H2,1-2H3,(H,22,26). The number of likely N-dealkylation sites (N-methyl/N-ethyl adjacent to an activating group) is 1. The minimum Gasteiger partial charge on any atom is -0.484 e. The number of aryl methyl sites for hydroxylation is 1. The van der Waals surface area contributed by atoms with Crippen LogP contribution >= 0.6 is 0 Å². The van der Waals surface area contributed by atoms with Crippen LogP contribution in [0.2, 0.25) is 0 Å². The van der Waals surface area contributed by atoms with Crippen LogP contribution in [0.25, 0.3) is 0 Å². The van der Waals surface area contributed by atoms with Crippen molar-refractivity contribution in [2.45, 2.75) is 20.0 Å². The highest BCUT2D eigenvalue weighted by atomic mass is 19.1. The first-order chi connectivity index (χ1) is 13.5. The van der Waals surface area contributed by atoms with E-state index in [0.717, 1.165) is 11.3 Å². The Morgan fingerprint density at radius 3 is 2.61 bits per heavy atom. The molecular weight excluding hydrogens is 363 g/mol. The molecule has 146 valence electrons. The van der Waals surface area contributed by atoms with Gasteiger partial charge in [-0.2, -0.15) is 4.98 Å². The highest BCUT2D eigenvalue weighted by Gasteiger charge is 2.12. The number of halogens is 1. The van der Waals surface area contributed by atoms with Crippen LogP contribution in [0.1, 0.15) is 17.3 Å². The van der Waals surface area contributed by atoms with Gasteiger partial charge in [-0.15, -0.1) is 0 Å². The first-order valence-electron chi connectivity index (χ1n) is 8.78. The Hall–Kier alpha value is -3.42. The van der Waals surface area contributed by atoms with Crippen LogP contribution < -0.4 is 10.1 Å². The second-order valence-corrected chi connectivity index (χ2v) is 6.31. The molecule has 0 aliphatic rings. The summed E-state index contributed by atoms with van der Waals surface area (Å²) in [4.78, 5) is 18.0. The normalized spacial score (nSPS) is 10.5. The van der Waals surface area contributed by atoms with Gasteiger partial charge in [0.15, 0.2) is 12.4 Å². The number of carbonyl (C=O) groups excluding carboxylic acids is 1. The average Bonchev–Trinajstić information content (AvgIpc) is 3.15. The molecule has 0 saturated heterocycles. The van der Waals surface area contributed by atoms with Gasteiger partial charge < -0.3 is 19.5 Å². The Morgan fingerprint density at radius 2 is 1.89 bits per heavy atom. The number of benzene rings is 2. The second kappa shape index (κ2) is 8.98. The number of anilines is 1. The van der Waals surface area contributed by atoms with Crippen molar-refractivity contribution in [1.29, 1.82) is 0 Å². The molecule has 2 aromatic carbocycles. The second-order valence-electron chi connectivity index (χ2n) is 6.31. The molecule has 2 amide bonds. The maximum atomic E-state index is 12.9. The van der Waals surface area contributed by atoms with E-state index in [1.54, 1.807) is 11.9 Å². The molecule has 28 heavy (non-hydrogen) atoms. The summed E-state index contributed by atoms with van der Waals surface area (Å²) in [6.07, 6.45) is 0.442. The van der Waals surface area contributed by atoms with Gasteiger partial charge in [0.05, 0.1) is 0 Å². The lowest BCUT2D eigenvalue weighted by atomic mass is 10.2. The number of urea groups is 1. The molecule has 0 aliphatic heterocycles. The third-order valence-electron chi connectivity index (χ3n) is 4.01. The molecule has 0 fully saturated rings. The van der Waals surface area contributed by atoms with E-state index in [2.05, 4.69) is 15.5 Å². The highest BCUT2D eigenvalue weighted by Crippen LogP contribution is 2.13. The van der Waals surface area contributed by atoms with E-state index in [1.165, 1.54) is 24.3 Å². The van der Waals surface area contributed by atoms with Crippen molar-refractivity contribution in [2.24, 2.45) is 0 Å².